The van der Waals surface area contributed by atoms with Gasteiger partial charge in [0, 0.05) is 20.0 Å². The third-order valence-electron chi connectivity index (χ3n) is 4.57. The van der Waals surface area contributed by atoms with E-state index in [1.165, 1.54) is 20.1 Å². The summed E-state index contributed by atoms with van der Waals surface area (Å²) in [6.07, 6.45) is 3.25. The van der Waals surface area contributed by atoms with E-state index < -0.39 is 0 Å². The minimum Gasteiger partial charge on any atom is -0.493 e. The van der Waals surface area contributed by atoms with Crippen LogP contribution in [-0.4, -0.2) is 75.3 Å². The van der Waals surface area contributed by atoms with Crippen LogP contribution >= 0.6 is 0 Å². The van der Waals surface area contributed by atoms with E-state index in [2.05, 4.69) is 4.90 Å². The molecule has 1 aliphatic heterocycles. The van der Waals surface area contributed by atoms with Gasteiger partial charge in [-0.15, -0.1) is 5.06 Å². The van der Waals surface area contributed by atoms with E-state index in [-0.39, 0.29) is 17.8 Å². The first kappa shape index (κ1) is 21.7. The average molecular weight is 392 g/mol. The number of ketones is 1. The third-order valence-corrected chi connectivity index (χ3v) is 4.57. The van der Waals surface area contributed by atoms with Crippen molar-refractivity contribution in [1.29, 1.82) is 0 Å². The van der Waals surface area contributed by atoms with Gasteiger partial charge in [0.1, 0.15) is 0 Å². The summed E-state index contributed by atoms with van der Waals surface area (Å²) in [5.41, 5.74) is 0.749. The molecule has 1 atom stereocenters. The van der Waals surface area contributed by atoms with E-state index in [1.54, 1.807) is 37.5 Å². The Morgan fingerprint density at radius 2 is 1.75 bits per heavy atom. The summed E-state index contributed by atoms with van der Waals surface area (Å²) in [7, 11) is 4.62. The molecule has 1 saturated heterocycles. The fourth-order valence-electron chi connectivity index (χ4n) is 3.20. The first-order valence-corrected chi connectivity index (χ1v) is 9.12. The number of benzene rings is 1. The van der Waals surface area contributed by atoms with Gasteiger partial charge in [-0.3, -0.25) is 14.5 Å². The Bertz CT molecular complexity index is 708. The van der Waals surface area contributed by atoms with Crippen LogP contribution in [0.25, 0.3) is 6.08 Å². The maximum Gasteiger partial charge on any atom is 0.322 e. The van der Waals surface area contributed by atoms with Crippen LogP contribution in [0.1, 0.15) is 19.4 Å². The van der Waals surface area contributed by atoms with Crippen molar-refractivity contribution >= 4 is 17.8 Å². The van der Waals surface area contributed by atoms with Crippen molar-refractivity contribution in [2.45, 2.75) is 19.9 Å². The summed E-state index contributed by atoms with van der Waals surface area (Å²) in [5.74, 6) is 1.08. The zero-order valence-electron chi connectivity index (χ0n) is 17.1. The highest BCUT2D eigenvalue weighted by Gasteiger charge is 2.31. The van der Waals surface area contributed by atoms with E-state index in [0.29, 0.717) is 36.9 Å². The molecule has 0 bridgehead atoms. The van der Waals surface area contributed by atoms with Crippen molar-refractivity contribution in [1.82, 2.24) is 9.96 Å². The highest BCUT2D eigenvalue weighted by atomic mass is 16.7. The molecule has 0 spiro atoms. The van der Waals surface area contributed by atoms with Gasteiger partial charge in [0.2, 0.25) is 5.75 Å². The second-order valence-corrected chi connectivity index (χ2v) is 6.31. The lowest BCUT2D eigenvalue weighted by Gasteiger charge is -2.38. The Morgan fingerprint density at radius 3 is 2.25 bits per heavy atom. The van der Waals surface area contributed by atoms with Crippen molar-refractivity contribution in [2.75, 3.05) is 47.5 Å². The number of carbonyl (C=O) groups is 2. The zero-order chi connectivity index (χ0) is 20.7. The number of nitrogens with zero attached hydrogens (tertiary/aromatic N) is 2. The van der Waals surface area contributed by atoms with E-state index in [9.17, 15) is 9.59 Å². The maximum absolute atomic E-state index is 12.8. The Hall–Kier alpha value is -2.58. The van der Waals surface area contributed by atoms with E-state index in [1.807, 2.05) is 6.92 Å². The number of hydrogen-bond donors (Lipinski definition) is 0. The molecule has 0 saturated carbocycles. The lowest BCUT2D eigenvalue weighted by atomic mass is 10.1. The number of hydrogen-bond acceptors (Lipinski definition) is 8. The molecule has 0 amide bonds. The summed E-state index contributed by atoms with van der Waals surface area (Å²) < 4.78 is 16.0. The van der Waals surface area contributed by atoms with Crippen LogP contribution in [0.4, 0.5) is 0 Å². The van der Waals surface area contributed by atoms with Crippen molar-refractivity contribution < 1.29 is 28.6 Å². The normalized spacial score (nSPS) is 18.1. The Kier molecular flexibility index (Phi) is 7.83. The summed E-state index contributed by atoms with van der Waals surface area (Å²) in [4.78, 5) is 31.3. The number of hydroxylamine groups is 2. The molecule has 0 aliphatic carbocycles. The number of methoxy groups -OCH3 is 3. The van der Waals surface area contributed by atoms with Gasteiger partial charge >= 0.3 is 5.97 Å². The van der Waals surface area contributed by atoms with Crippen LogP contribution in [0.5, 0.6) is 17.2 Å². The molecule has 8 heteroatoms. The number of rotatable bonds is 8. The summed E-state index contributed by atoms with van der Waals surface area (Å²) in [6.45, 7) is 5.66. The first-order valence-electron chi connectivity index (χ1n) is 9.12. The molecule has 1 aliphatic rings. The molecule has 1 aromatic rings. The van der Waals surface area contributed by atoms with Gasteiger partial charge in [-0.25, -0.2) is 0 Å². The van der Waals surface area contributed by atoms with Crippen molar-refractivity contribution in [3.63, 3.8) is 0 Å². The molecule has 154 valence electrons. The fourth-order valence-corrected chi connectivity index (χ4v) is 3.20. The smallest absolute Gasteiger partial charge is 0.322 e. The van der Waals surface area contributed by atoms with E-state index in [0.717, 1.165) is 12.1 Å². The second-order valence-electron chi connectivity index (χ2n) is 6.31. The largest absolute Gasteiger partial charge is 0.493 e. The summed E-state index contributed by atoms with van der Waals surface area (Å²) in [5, 5.41) is 1.55. The van der Waals surface area contributed by atoms with Crippen LogP contribution in [0.15, 0.2) is 18.2 Å². The molecule has 28 heavy (non-hydrogen) atoms. The molecule has 8 nitrogen and oxygen atoms in total. The number of likely N-dealkylation sites (N-methyl/N-ethyl adjacent to an activating group) is 1. The molecule has 1 fully saturated rings. The zero-order valence-corrected chi connectivity index (χ0v) is 17.1. The first-order chi connectivity index (χ1) is 13.4. The Morgan fingerprint density at radius 1 is 1.11 bits per heavy atom. The second kappa shape index (κ2) is 10.1. The lowest BCUT2D eigenvalue weighted by molar-refractivity contribution is -0.199. The van der Waals surface area contributed by atoms with Crippen molar-refractivity contribution in [3.8, 4) is 17.2 Å². The van der Waals surface area contributed by atoms with Gasteiger partial charge in [-0.05, 0) is 30.3 Å². The number of ether oxygens (including phenoxy) is 3. The average Bonchev–Trinajstić information content (AvgIpc) is 2.70. The van der Waals surface area contributed by atoms with Gasteiger partial charge in [-0.2, -0.15) is 0 Å². The topological polar surface area (TPSA) is 77.5 Å². The van der Waals surface area contributed by atoms with Gasteiger partial charge in [-0.1, -0.05) is 13.0 Å². The molecular formula is C20H28N2O6. The van der Waals surface area contributed by atoms with Crippen LogP contribution < -0.4 is 14.2 Å². The van der Waals surface area contributed by atoms with E-state index in [4.69, 9.17) is 19.0 Å². The fraction of sp³-hybridized carbons (Fsp3) is 0.500. The molecule has 0 aromatic heterocycles. The SMILES string of the molecule is CCN1CCN(OC(C)=O)CC1C(=O)C=Cc1cc(OC)c(OC)c(OC)c1. The Balaban J connectivity index is 2.19. The predicted molar refractivity (Wildman–Crippen MR) is 105 cm³/mol. The summed E-state index contributed by atoms with van der Waals surface area (Å²) in [6, 6.07) is 3.17. The lowest BCUT2D eigenvalue weighted by Crippen LogP contribution is -2.56. The molecule has 0 radical (unpaired) electrons. The minimum absolute atomic E-state index is 0.0625. The van der Waals surface area contributed by atoms with Crippen LogP contribution in [-0.2, 0) is 14.4 Å². The molecule has 2 rings (SSSR count). The van der Waals surface area contributed by atoms with Gasteiger partial charge in [0.25, 0.3) is 0 Å². The molecule has 1 unspecified atom stereocenters. The molecule has 1 heterocycles. The third kappa shape index (κ3) is 5.24. The molecule has 1 aromatic carbocycles. The van der Waals surface area contributed by atoms with Crippen LogP contribution in [0.3, 0.4) is 0 Å². The summed E-state index contributed by atoms with van der Waals surface area (Å²) >= 11 is 0. The van der Waals surface area contributed by atoms with Crippen LogP contribution in [0.2, 0.25) is 0 Å². The monoisotopic (exact) mass is 392 g/mol. The van der Waals surface area contributed by atoms with Gasteiger partial charge < -0.3 is 19.0 Å². The van der Waals surface area contributed by atoms with Crippen molar-refractivity contribution in [2.24, 2.45) is 0 Å². The van der Waals surface area contributed by atoms with Crippen molar-refractivity contribution in [3.05, 3.63) is 23.8 Å². The van der Waals surface area contributed by atoms with E-state index >= 15 is 0 Å². The Labute approximate surface area is 165 Å². The number of piperazine rings is 1. The predicted octanol–water partition coefficient (Wildman–Crippen LogP) is 1.78. The highest BCUT2D eigenvalue weighted by molar-refractivity contribution is 5.98. The number of carbonyl (C=O) groups excluding carboxylic acids is 2. The maximum atomic E-state index is 12.8. The van der Waals surface area contributed by atoms with Crippen LogP contribution in [0, 0.1) is 0 Å². The quantitative estimate of drug-likeness (QED) is 0.620. The molecular weight excluding hydrogens is 364 g/mol. The van der Waals surface area contributed by atoms with Gasteiger partial charge in [0.05, 0.1) is 33.9 Å². The minimum atomic E-state index is -0.385. The van der Waals surface area contributed by atoms with Gasteiger partial charge in [0.15, 0.2) is 17.3 Å². The standard InChI is InChI=1S/C20H28N2O6/c1-6-21-9-10-22(28-14(2)23)13-16(21)17(24)8-7-15-11-18(25-3)20(27-5)19(12-15)26-4/h7-8,11-12,16H,6,9-10,13H2,1-5H3. The highest BCUT2D eigenvalue weighted by Crippen LogP contribution is 2.38. The molecule has 0 N–H and O–H groups in total.